The van der Waals surface area contributed by atoms with Gasteiger partial charge in [-0.2, -0.15) is 13.2 Å². The molecule has 3 fully saturated rings. The molecule has 2 aromatic rings. The zero-order chi connectivity index (χ0) is 43.6. The van der Waals surface area contributed by atoms with Crippen molar-refractivity contribution in [1.29, 1.82) is 0 Å². The number of carboxylic acid groups (broad SMARTS) is 1. The largest absolute Gasteiger partial charge is 0.491 e. The number of fused-ring (bicyclic) bond motifs is 5. The third-order valence-corrected chi connectivity index (χ3v) is 15.5. The highest BCUT2D eigenvalue weighted by atomic mass is 32.2. The third-order valence-electron chi connectivity index (χ3n) is 13.3. The first-order chi connectivity index (χ1) is 28.1. The van der Waals surface area contributed by atoms with Gasteiger partial charge in [0.1, 0.15) is 35.0 Å². The predicted octanol–water partition coefficient (Wildman–Crippen LogP) is 5.87. The molecule has 0 unspecified atom stereocenters. The van der Waals surface area contributed by atoms with Gasteiger partial charge in [0.15, 0.2) is 0 Å². The Balaban J connectivity index is 1.31. The lowest BCUT2D eigenvalue weighted by molar-refractivity contribution is -0.222. The van der Waals surface area contributed by atoms with Crippen molar-refractivity contribution < 1.29 is 55.3 Å². The van der Waals surface area contributed by atoms with Crippen LogP contribution in [0.4, 0.5) is 18.0 Å². The van der Waals surface area contributed by atoms with Crippen LogP contribution in [0.15, 0.2) is 36.4 Å². The summed E-state index contributed by atoms with van der Waals surface area (Å²) in [5, 5.41) is 14.7. The highest BCUT2D eigenvalue weighted by Crippen LogP contribution is 2.48. The summed E-state index contributed by atoms with van der Waals surface area (Å²) >= 11 is 0. The fourth-order valence-electron chi connectivity index (χ4n) is 9.02. The van der Waals surface area contributed by atoms with Gasteiger partial charge in [-0.15, -0.1) is 0 Å². The van der Waals surface area contributed by atoms with Gasteiger partial charge in [-0.1, -0.05) is 50.6 Å². The van der Waals surface area contributed by atoms with Crippen molar-refractivity contribution in [2.24, 2.45) is 17.8 Å². The Hall–Kier alpha value is -4.61. The van der Waals surface area contributed by atoms with E-state index in [9.17, 15) is 41.1 Å². The minimum absolute atomic E-state index is 0.0592. The number of carbonyl (C=O) groups excluding carboxylic acids is 3. The van der Waals surface area contributed by atoms with E-state index in [0.717, 1.165) is 10.3 Å². The molecule has 1 aromatic heterocycles. The number of benzene rings is 1. The number of pyridine rings is 1. The summed E-state index contributed by atoms with van der Waals surface area (Å²) < 4.78 is 84.6. The summed E-state index contributed by atoms with van der Waals surface area (Å²) in [6, 6.07) is 3.93. The van der Waals surface area contributed by atoms with Gasteiger partial charge in [0.25, 0.3) is 5.91 Å². The van der Waals surface area contributed by atoms with Crippen molar-refractivity contribution in [3.63, 3.8) is 0 Å². The van der Waals surface area contributed by atoms with E-state index >= 15 is 4.79 Å². The molecule has 18 heteroatoms. The lowest BCUT2D eigenvalue weighted by Gasteiger charge is -2.46. The maximum Gasteiger partial charge on any atom is 0.411 e. The molecule has 1 saturated heterocycles. The summed E-state index contributed by atoms with van der Waals surface area (Å²) in [7, 11) is -4.12. The number of aromatic nitrogens is 1. The van der Waals surface area contributed by atoms with E-state index in [1.807, 2.05) is 25.1 Å². The summed E-state index contributed by atoms with van der Waals surface area (Å²) in [6.07, 6.45) is -1.21. The minimum atomic E-state index is -5.09. The van der Waals surface area contributed by atoms with E-state index < -0.39 is 85.9 Å². The Bertz CT molecular complexity index is 2200. The number of nitrogens with zero attached hydrogens (tertiary/aromatic N) is 3. The van der Waals surface area contributed by atoms with E-state index in [2.05, 4.69) is 10.0 Å². The first kappa shape index (κ1) is 43.5. The molecule has 0 radical (unpaired) electrons. The average Bonchev–Trinajstić information content (AvgIpc) is 4.07. The molecule has 0 bridgehead atoms. The van der Waals surface area contributed by atoms with Crippen LogP contribution in [0.1, 0.15) is 98.1 Å². The first-order valence-corrected chi connectivity index (χ1v) is 22.3. The molecule has 4 heterocycles. The molecule has 7 atom stereocenters. The van der Waals surface area contributed by atoms with Gasteiger partial charge in [-0.05, 0) is 90.0 Å². The molecule has 14 nitrogen and oxygen atoms in total. The maximum absolute atomic E-state index is 15.2. The molecule has 60 heavy (non-hydrogen) atoms. The SMILES string of the molecule is CC[C@@H]1C[C@H](C)CCC=C[C@@H]2C[C@@]2(C(=O)NS(=O)(=O)C2(C)CC2)NC(=O)[C@@H]2C[C@@H](Oc3nc4c(c5ccccc35)OCCC4)CN2C(=O)[C@H]1N(C(=O)O)C(C)(C)C(F)(F)F. The summed E-state index contributed by atoms with van der Waals surface area (Å²) in [5.74, 6) is -3.66. The van der Waals surface area contributed by atoms with Crippen LogP contribution in [-0.4, -0.2) is 105 Å². The molecule has 3 aliphatic heterocycles. The molecule has 5 aliphatic rings. The lowest BCUT2D eigenvalue weighted by atomic mass is 9.82. The number of allylic oxidation sites excluding steroid dienone is 1. The second-order valence-electron chi connectivity index (χ2n) is 18.0. The van der Waals surface area contributed by atoms with Gasteiger partial charge < -0.3 is 24.8 Å². The summed E-state index contributed by atoms with van der Waals surface area (Å²) in [5.41, 5.74) is -4.09. The monoisotopic (exact) mass is 861 g/mol. The molecule has 3 N–H and O–H groups in total. The van der Waals surface area contributed by atoms with Crippen LogP contribution in [-0.2, 0) is 30.8 Å². The summed E-state index contributed by atoms with van der Waals surface area (Å²) in [6.45, 7) is 6.70. The zero-order valence-electron chi connectivity index (χ0n) is 34.5. The Labute approximate surface area is 347 Å². The second kappa shape index (κ2) is 15.7. The van der Waals surface area contributed by atoms with Crippen molar-refractivity contribution in [2.75, 3.05) is 13.2 Å². The number of alkyl halides is 3. The highest BCUT2D eigenvalue weighted by molar-refractivity contribution is 7.91. The van der Waals surface area contributed by atoms with Gasteiger partial charge >= 0.3 is 12.3 Å². The lowest BCUT2D eigenvalue weighted by Crippen LogP contribution is -2.66. The van der Waals surface area contributed by atoms with Crippen molar-refractivity contribution >= 4 is 44.6 Å². The van der Waals surface area contributed by atoms with Crippen LogP contribution in [0, 0.1) is 17.8 Å². The van der Waals surface area contributed by atoms with Crippen LogP contribution in [0.3, 0.4) is 0 Å². The Morgan fingerprint density at radius 2 is 1.85 bits per heavy atom. The molecule has 2 aliphatic carbocycles. The van der Waals surface area contributed by atoms with E-state index in [4.69, 9.17) is 14.5 Å². The van der Waals surface area contributed by atoms with Gasteiger partial charge in [0.2, 0.25) is 27.7 Å². The average molecular weight is 862 g/mol. The number of hydrogen-bond donors (Lipinski definition) is 3. The predicted molar refractivity (Wildman–Crippen MR) is 213 cm³/mol. The standard InChI is InChI=1S/C42H54F3N5O9S/c1-6-25-20-24(2)12-7-8-13-26-22-41(26,37(53)48-60(56,57)40(5)17-18-40)47-34(51)31-21-27(23-49(31)36(52)32(25)50(38(54)55)39(3,4)42(43,44)45)59-35-29-15-10-9-14-28(29)33-30(46-35)16-11-19-58-33/h8-10,13-15,24-27,31-32H,6-7,11-12,16-23H2,1-5H3,(H,47,51)(H,48,53)(H,54,55)/t24-,25-,26-,27-,31+,32+,41-/m1/s1. The van der Waals surface area contributed by atoms with Crippen LogP contribution >= 0.6 is 0 Å². The van der Waals surface area contributed by atoms with Crippen molar-refractivity contribution in [1.82, 2.24) is 24.8 Å². The Morgan fingerprint density at radius 1 is 1.15 bits per heavy atom. The maximum atomic E-state index is 15.2. The number of nitrogens with one attached hydrogen (secondary N) is 2. The summed E-state index contributed by atoms with van der Waals surface area (Å²) in [4.78, 5) is 63.1. The molecule has 4 amide bonds. The van der Waals surface area contributed by atoms with E-state index in [0.29, 0.717) is 75.8 Å². The van der Waals surface area contributed by atoms with Crippen LogP contribution in [0.2, 0.25) is 0 Å². The van der Waals surface area contributed by atoms with E-state index in [1.54, 1.807) is 25.1 Å². The van der Waals surface area contributed by atoms with Gasteiger partial charge in [0.05, 0.1) is 23.6 Å². The number of hydrogen-bond acceptors (Lipinski definition) is 9. The number of aryl methyl sites for hydroxylation is 1. The van der Waals surface area contributed by atoms with E-state index in [-0.39, 0.29) is 48.9 Å². The molecule has 1 aromatic carbocycles. The van der Waals surface area contributed by atoms with Crippen molar-refractivity contribution in [3.05, 3.63) is 42.1 Å². The fraction of sp³-hybridized carbons (Fsp3) is 0.643. The normalized spacial score (nSPS) is 29.4. The molecule has 7 rings (SSSR count). The zero-order valence-corrected chi connectivity index (χ0v) is 35.3. The molecular formula is C42H54F3N5O9S. The van der Waals surface area contributed by atoms with Gasteiger partial charge in [-0.3, -0.25) is 24.0 Å². The quantitative estimate of drug-likeness (QED) is 0.271. The molecule has 328 valence electrons. The number of sulfonamides is 1. The van der Waals surface area contributed by atoms with Crippen LogP contribution in [0.25, 0.3) is 10.8 Å². The first-order valence-electron chi connectivity index (χ1n) is 20.8. The smallest absolute Gasteiger partial charge is 0.411 e. The second-order valence-corrected chi connectivity index (χ2v) is 20.2. The molecule has 2 saturated carbocycles. The Morgan fingerprint density at radius 3 is 2.50 bits per heavy atom. The number of carbonyl (C=O) groups is 4. The number of ether oxygens (including phenoxy) is 2. The van der Waals surface area contributed by atoms with Crippen LogP contribution < -0.4 is 19.5 Å². The van der Waals surface area contributed by atoms with Crippen molar-refractivity contribution in [2.45, 2.75) is 139 Å². The van der Waals surface area contributed by atoms with E-state index in [1.165, 1.54) is 6.92 Å². The number of amides is 4. The number of halogens is 3. The molecule has 0 spiro atoms. The minimum Gasteiger partial charge on any atom is -0.491 e. The third kappa shape index (κ3) is 7.88. The van der Waals surface area contributed by atoms with Crippen molar-refractivity contribution in [3.8, 4) is 11.6 Å². The van der Waals surface area contributed by atoms with Crippen LogP contribution in [0.5, 0.6) is 11.6 Å². The van der Waals surface area contributed by atoms with Gasteiger partial charge in [0, 0.05) is 23.1 Å². The highest BCUT2D eigenvalue weighted by Gasteiger charge is 2.64. The topological polar surface area (TPSA) is 185 Å². The Kier molecular flexibility index (Phi) is 11.4. The fourth-order valence-corrected chi connectivity index (χ4v) is 10.3. The number of rotatable bonds is 8. The molecular weight excluding hydrogens is 808 g/mol. The van der Waals surface area contributed by atoms with Gasteiger partial charge in [-0.25, -0.2) is 18.2 Å².